The van der Waals surface area contributed by atoms with Crippen LogP contribution in [0.1, 0.15) is 56.3 Å². The molecule has 0 saturated carbocycles. The van der Waals surface area contributed by atoms with Crippen LogP contribution >= 0.6 is 0 Å². The van der Waals surface area contributed by atoms with Gasteiger partial charge in [-0.15, -0.1) is 0 Å². The zero-order valence-corrected chi connectivity index (χ0v) is 23.1. The predicted octanol–water partition coefficient (Wildman–Crippen LogP) is 2.09. The number of hydrogen-bond acceptors (Lipinski definition) is 6. The molecule has 11 heteroatoms. The number of allylic oxidation sites excluding steroid dienone is 1. The number of piperidine rings is 1. The smallest absolute Gasteiger partial charge is 0.282 e. The monoisotopic (exact) mass is 548 g/mol. The number of hydrogen-bond donors (Lipinski definition) is 2. The summed E-state index contributed by atoms with van der Waals surface area (Å²) < 4.78 is 41.6. The summed E-state index contributed by atoms with van der Waals surface area (Å²) in [7, 11) is -3.68. The van der Waals surface area contributed by atoms with Gasteiger partial charge in [0.05, 0.1) is 12.2 Å². The fourth-order valence-electron chi connectivity index (χ4n) is 5.60. The van der Waals surface area contributed by atoms with E-state index >= 15 is 0 Å². The van der Waals surface area contributed by atoms with Crippen molar-refractivity contribution < 1.29 is 27.5 Å². The van der Waals surface area contributed by atoms with Crippen molar-refractivity contribution in [1.29, 1.82) is 0 Å². The van der Waals surface area contributed by atoms with Gasteiger partial charge in [0.15, 0.2) is 6.61 Å². The van der Waals surface area contributed by atoms with E-state index in [9.17, 15) is 18.0 Å². The van der Waals surface area contributed by atoms with Gasteiger partial charge in [-0.2, -0.15) is 17.0 Å². The Morgan fingerprint density at radius 2 is 1.79 bits per heavy atom. The summed E-state index contributed by atoms with van der Waals surface area (Å²) in [5, 5.41) is 6.16. The van der Waals surface area contributed by atoms with Gasteiger partial charge in [-0.25, -0.2) is 0 Å². The van der Waals surface area contributed by atoms with Gasteiger partial charge in [0.1, 0.15) is 5.75 Å². The normalized spacial score (nSPS) is 28.7. The molecule has 0 spiro atoms. The third-order valence-electron chi connectivity index (χ3n) is 7.67. The average molecular weight is 549 g/mol. The lowest BCUT2D eigenvalue weighted by atomic mass is 9.91. The molecule has 210 valence electrons. The standard InChI is InChI=1S/C27H40N4O6S/c1-3-30(4-2)38(34,35)31-16-9-12-23-24(31)13-7-5-10-20-18-36-17-15-22(20)29-27(33)21-11-6-8-14-25(21)37-19-26(32)28-23/h5-8,11,14,20,22-24H,3-4,9-10,12-13,15-19H2,1-2H3,(H,28,32)(H,29,33)/b7-5+/t20-,22+,23+,24-/m0/s1. The number of amides is 2. The third kappa shape index (κ3) is 6.56. The van der Waals surface area contributed by atoms with E-state index in [1.807, 2.05) is 19.9 Å². The summed E-state index contributed by atoms with van der Waals surface area (Å²) in [4.78, 5) is 26.1. The van der Waals surface area contributed by atoms with Crippen molar-refractivity contribution in [1.82, 2.24) is 19.2 Å². The lowest BCUT2D eigenvalue weighted by molar-refractivity contribution is -0.124. The Balaban J connectivity index is 1.63. The van der Waals surface area contributed by atoms with Gasteiger partial charge in [0.25, 0.3) is 22.0 Å². The van der Waals surface area contributed by atoms with Crippen molar-refractivity contribution in [2.45, 2.75) is 64.1 Å². The fourth-order valence-corrected chi connectivity index (χ4v) is 7.49. The molecule has 3 aliphatic rings. The van der Waals surface area contributed by atoms with Crippen LogP contribution in [0, 0.1) is 5.92 Å². The Morgan fingerprint density at radius 3 is 2.58 bits per heavy atom. The zero-order valence-electron chi connectivity index (χ0n) is 22.3. The minimum Gasteiger partial charge on any atom is -0.483 e. The lowest BCUT2D eigenvalue weighted by Crippen LogP contribution is -2.59. The number of rotatable bonds is 4. The summed E-state index contributed by atoms with van der Waals surface area (Å²) in [6.07, 6.45) is 7.25. The molecule has 1 aromatic carbocycles. The fraction of sp³-hybridized carbons (Fsp3) is 0.630. The summed E-state index contributed by atoms with van der Waals surface area (Å²) in [6.45, 7) is 5.70. The third-order valence-corrected chi connectivity index (χ3v) is 9.88. The van der Waals surface area contributed by atoms with Crippen molar-refractivity contribution in [2.75, 3.05) is 39.5 Å². The number of carbonyl (C=O) groups is 2. The molecule has 0 aliphatic carbocycles. The van der Waals surface area contributed by atoms with Gasteiger partial charge >= 0.3 is 0 Å². The van der Waals surface area contributed by atoms with Crippen LogP contribution in [-0.2, 0) is 19.7 Å². The van der Waals surface area contributed by atoms with Gasteiger partial charge in [-0.05, 0) is 44.2 Å². The van der Waals surface area contributed by atoms with Crippen molar-refractivity contribution in [3.05, 3.63) is 42.0 Å². The SMILES string of the molecule is CCN(CC)S(=O)(=O)N1CCC[C@H]2NC(=O)COc3ccccc3C(=O)N[C@@H]3CCOC[C@@H]3C/C=C/C[C@@H]21. The van der Waals surface area contributed by atoms with Gasteiger partial charge in [0, 0.05) is 50.3 Å². The molecule has 2 amide bonds. The quantitative estimate of drug-likeness (QED) is 0.557. The van der Waals surface area contributed by atoms with Gasteiger partial charge in [-0.3, -0.25) is 9.59 Å². The Kier molecular flexibility index (Phi) is 9.80. The number of benzene rings is 1. The average Bonchev–Trinajstić information content (AvgIpc) is 2.91. The van der Waals surface area contributed by atoms with Crippen molar-refractivity contribution in [3.8, 4) is 5.75 Å². The van der Waals surface area contributed by atoms with E-state index < -0.39 is 16.3 Å². The van der Waals surface area contributed by atoms with E-state index in [2.05, 4.69) is 16.7 Å². The number of para-hydroxylation sites is 1. The molecule has 3 aliphatic heterocycles. The van der Waals surface area contributed by atoms with E-state index in [1.165, 1.54) is 4.31 Å². The molecule has 4 rings (SSSR count). The molecular formula is C27H40N4O6S. The minimum atomic E-state index is -3.68. The molecule has 10 nitrogen and oxygen atoms in total. The van der Waals surface area contributed by atoms with Gasteiger partial charge < -0.3 is 20.1 Å². The first kappa shape index (κ1) is 28.5. The molecule has 1 aromatic rings. The number of ether oxygens (including phenoxy) is 2. The number of carbonyl (C=O) groups excluding carboxylic acids is 2. The van der Waals surface area contributed by atoms with E-state index in [1.54, 1.807) is 28.6 Å². The lowest BCUT2D eigenvalue weighted by Gasteiger charge is -2.42. The van der Waals surface area contributed by atoms with Crippen LogP contribution in [0.25, 0.3) is 0 Å². The van der Waals surface area contributed by atoms with Crippen LogP contribution in [0.2, 0.25) is 0 Å². The van der Waals surface area contributed by atoms with Crippen LogP contribution in [0.5, 0.6) is 5.75 Å². The van der Waals surface area contributed by atoms with Crippen LogP contribution in [0.3, 0.4) is 0 Å². The molecule has 2 fully saturated rings. The number of nitrogens with zero attached hydrogens (tertiary/aromatic N) is 2. The van der Waals surface area contributed by atoms with Crippen molar-refractivity contribution in [2.24, 2.45) is 5.92 Å². The maximum absolute atomic E-state index is 13.5. The summed E-state index contributed by atoms with van der Waals surface area (Å²) in [5.41, 5.74) is 0.375. The summed E-state index contributed by atoms with van der Waals surface area (Å²) in [5.74, 6) is -0.152. The van der Waals surface area contributed by atoms with Gasteiger partial charge in [0.2, 0.25) is 0 Å². The first-order valence-corrected chi connectivity index (χ1v) is 15.1. The molecule has 38 heavy (non-hydrogen) atoms. The highest BCUT2D eigenvalue weighted by molar-refractivity contribution is 7.86. The van der Waals surface area contributed by atoms with Crippen LogP contribution in [-0.4, -0.2) is 86.4 Å². The molecule has 0 aromatic heterocycles. The zero-order chi connectivity index (χ0) is 27.1. The second kappa shape index (κ2) is 13.1. The van der Waals surface area contributed by atoms with E-state index in [-0.39, 0.29) is 36.4 Å². The van der Waals surface area contributed by atoms with Crippen molar-refractivity contribution in [3.63, 3.8) is 0 Å². The molecule has 2 saturated heterocycles. The Bertz CT molecular complexity index is 1110. The highest BCUT2D eigenvalue weighted by Gasteiger charge is 2.40. The van der Waals surface area contributed by atoms with E-state index in [4.69, 9.17) is 9.47 Å². The van der Waals surface area contributed by atoms with Crippen molar-refractivity contribution >= 4 is 22.0 Å². The number of fused-ring (bicyclic) bond motifs is 3. The second-order valence-electron chi connectivity index (χ2n) is 10.0. The first-order chi connectivity index (χ1) is 18.3. The maximum Gasteiger partial charge on any atom is 0.282 e. The molecule has 3 heterocycles. The molecule has 0 bridgehead atoms. The van der Waals surface area contributed by atoms with Crippen LogP contribution < -0.4 is 15.4 Å². The predicted molar refractivity (Wildman–Crippen MR) is 144 cm³/mol. The first-order valence-electron chi connectivity index (χ1n) is 13.7. The summed E-state index contributed by atoms with van der Waals surface area (Å²) in [6, 6.07) is 6.07. The number of nitrogens with one attached hydrogen (secondary N) is 2. The Morgan fingerprint density at radius 1 is 1.03 bits per heavy atom. The Hall–Kier alpha value is -2.47. The van der Waals surface area contributed by atoms with Crippen LogP contribution in [0.4, 0.5) is 0 Å². The second-order valence-corrected chi connectivity index (χ2v) is 11.9. The molecule has 2 N–H and O–H groups in total. The van der Waals surface area contributed by atoms with Gasteiger partial charge in [-0.1, -0.05) is 38.1 Å². The molecule has 4 atom stereocenters. The van der Waals surface area contributed by atoms with Crippen LogP contribution in [0.15, 0.2) is 36.4 Å². The molecular weight excluding hydrogens is 508 g/mol. The highest BCUT2D eigenvalue weighted by atomic mass is 32.2. The Labute approximate surface area is 225 Å². The summed E-state index contributed by atoms with van der Waals surface area (Å²) >= 11 is 0. The molecule has 0 radical (unpaired) electrons. The maximum atomic E-state index is 13.5. The minimum absolute atomic E-state index is 0.0628. The highest BCUT2D eigenvalue weighted by Crippen LogP contribution is 2.27. The van der Waals surface area contributed by atoms with E-state index in [0.717, 1.165) is 0 Å². The topological polar surface area (TPSA) is 117 Å². The molecule has 0 unspecified atom stereocenters. The van der Waals surface area contributed by atoms with E-state index in [0.29, 0.717) is 76.3 Å². The largest absolute Gasteiger partial charge is 0.483 e.